The summed E-state index contributed by atoms with van der Waals surface area (Å²) in [7, 11) is 0. The summed E-state index contributed by atoms with van der Waals surface area (Å²) in [5, 5.41) is 13.5. The molecular weight excluding hydrogens is 416 g/mol. The second-order valence-electron chi connectivity index (χ2n) is 7.51. The average molecular weight is 439 g/mol. The first-order valence-corrected chi connectivity index (χ1v) is 12.0. The first-order chi connectivity index (χ1) is 14.7. The Hall–Kier alpha value is -2.52. The van der Waals surface area contributed by atoms with Gasteiger partial charge < -0.3 is 0 Å². The lowest BCUT2D eigenvalue weighted by molar-refractivity contribution is 0.564. The normalized spacial score (nSPS) is 13.3. The molecule has 4 aromatic rings. The van der Waals surface area contributed by atoms with Crippen LogP contribution in [0.4, 0.5) is 0 Å². The van der Waals surface area contributed by atoms with Crippen molar-refractivity contribution in [2.75, 3.05) is 0 Å². The number of tetrazole rings is 1. The van der Waals surface area contributed by atoms with E-state index in [1.165, 1.54) is 22.2 Å². The maximum absolute atomic E-state index is 13.7. The number of nitrogens with zero attached hydrogens (tertiary/aromatic N) is 6. The molecule has 3 aromatic heterocycles. The third kappa shape index (κ3) is 3.35. The van der Waals surface area contributed by atoms with Crippen LogP contribution in [0.25, 0.3) is 15.9 Å². The van der Waals surface area contributed by atoms with E-state index in [9.17, 15) is 4.79 Å². The molecule has 0 atom stereocenters. The summed E-state index contributed by atoms with van der Waals surface area (Å²) >= 11 is 3.18. The Balaban J connectivity index is 1.62. The van der Waals surface area contributed by atoms with Crippen molar-refractivity contribution in [1.29, 1.82) is 0 Å². The fourth-order valence-electron chi connectivity index (χ4n) is 3.88. The zero-order valence-electron chi connectivity index (χ0n) is 17.0. The zero-order chi connectivity index (χ0) is 20.7. The minimum atomic E-state index is 0.0268. The molecule has 0 amide bonds. The van der Waals surface area contributed by atoms with Crippen LogP contribution in [-0.4, -0.2) is 29.8 Å². The topological polar surface area (TPSA) is 78.5 Å². The molecule has 0 spiro atoms. The minimum Gasteiger partial charge on any atom is -0.268 e. The Labute approximate surface area is 182 Å². The third-order valence-corrected chi connectivity index (χ3v) is 7.49. The lowest BCUT2D eigenvalue weighted by Crippen LogP contribution is -2.22. The van der Waals surface area contributed by atoms with Crippen molar-refractivity contribution in [2.24, 2.45) is 0 Å². The Morgan fingerprint density at radius 3 is 2.83 bits per heavy atom. The summed E-state index contributed by atoms with van der Waals surface area (Å²) < 4.78 is 3.57. The van der Waals surface area contributed by atoms with Crippen LogP contribution in [0.3, 0.4) is 0 Å². The molecule has 0 saturated heterocycles. The monoisotopic (exact) mass is 438 g/mol. The van der Waals surface area contributed by atoms with Crippen LogP contribution >= 0.6 is 23.1 Å². The van der Waals surface area contributed by atoms with Crippen molar-refractivity contribution >= 4 is 33.3 Å². The average Bonchev–Trinajstić information content (AvgIpc) is 3.44. The van der Waals surface area contributed by atoms with Crippen LogP contribution in [0.1, 0.15) is 41.6 Å². The summed E-state index contributed by atoms with van der Waals surface area (Å²) in [4.78, 5) is 20.8. The second kappa shape index (κ2) is 7.96. The molecule has 154 valence electrons. The number of hydrogen-bond donors (Lipinski definition) is 0. The van der Waals surface area contributed by atoms with E-state index in [1.807, 2.05) is 35.9 Å². The van der Waals surface area contributed by atoms with Crippen molar-refractivity contribution in [3.05, 3.63) is 56.4 Å². The van der Waals surface area contributed by atoms with Crippen LogP contribution in [-0.2, 0) is 25.1 Å². The van der Waals surface area contributed by atoms with Gasteiger partial charge in [-0.3, -0.25) is 9.36 Å². The molecule has 1 aromatic carbocycles. The molecule has 0 unspecified atom stereocenters. The van der Waals surface area contributed by atoms with Gasteiger partial charge in [0.25, 0.3) is 5.56 Å². The molecule has 0 aliphatic heterocycles. The van der Waals surface area contributed by atoms with Gasteiger partial charge in [0.05, 0.1) is 16.8 Å². The smallest absolute Gasteiger partial charge is 0.267 e. The molecule has 9 heteroatoms. The number of fused-ring (bicyclic) bond motifs is 3. The van der Waals surface area contributed by atoms with Gasteiger partial charge >= 0.3 is 0 Å². The molecule has 0 bridgehead atoms. The molecule has 0 saturated carbocycles. The first-order valence-electron chi connectivity index (χ1n) is 10.2. The van der Waals surface area contributed by atoms with Crippen molar-refractivity contribution in [3.8, 4) is 5.69 Å². The van der Waals surface area contributed by atoms with Crippen molar-refractivity contribution < 1.29 is 0 Å². The number of benzene rings is 1. The van der Waals surface area contributed by atoms with Crippen molar-refractivity contribution in [2.45, 2.75) is 57.0 Å². The SMILES string of the molecule is CCCn1nnnc1CSc1nc2sc3c(c2c(=O)n1-c1ccc(C)cc1)CCC3. The number of aryl methyl sites for hydroxylation is 4. The van der Waals surface area contributed by atoms with E-state index < -0.39 is 0 Å². The molecule has 1 aliphatic carbocycles. The highest BCUT2D eigenvalue weighted by Crippen LogP contribution is 2.36. The molecule has 0 radical (unpaired) electrons. The number of thiophene rings is 1. The summed E-state index contributed by atoms with van der Waals surface area (Å²) in [6.07, 6.45) is 4.10. The number of aromatic nitrogens is 6. The first kappa shape index (κ1) is 19.4. The van der Waals surface area contributed by atoms with Crippen LogP contribution in [0.15, 0.2) is 34.2 Å². The Morgan fingerprint density at radius 2 is 2.03 bits per heavy atom. The largest absolute Gasteiger partial charge is 0.268 e. The predicted octanol–water partition coefficient (Wildman–Crippen LogP) is 3.93. The van der Waals surface area contributed by atoms with Gasteiger partial charge in [0.15, 0.2) is 11.0 Å². The lowest BCUT2D eigenvalue weighted by Gasteiger charge is -2.12. The summed E-state index contributed by atoms with van der Waals surface area (Å²) in [6, 6.07) is 8.03. The van der Waals surface area contributed by atoms with Crippen LogP contribution < -0.4 is 5.56 Å². The van der Waals surface area contributed by atoms with E-state index in [4.69, 9.17) is 4.98 Å². The standard InChI is InChI=1S/C21H22N6OS2/c1-3-11-26-17(23-24-25-26)12-29-21-22-19-18(15-5-4-6-16(15)30-19)20(28)27(21)14-9-7-13(2)8-10-14/h7-10H,3-6,11-12H2,1-2H3. The fraction of sp³-hybridized carbons (Fsp3) is 0.381. The molecule has 5 rings (SSSR count). The van der Waals surface area contributed by atoms with Gasteiger partial charge in [0.2, 0.25) is 0 Å². The fourth-order valence-corrected chi connectivity index (χ4v) is 6.13. The van der Waals surface area contributed by atoms with E-state index >= 15 is 0 Å². The highest BCUT2D eigenvalue weighted by Gasteiger charge is 2.24. The van der Waals surface area contributed by atoms with Gasteiger partial charge in [-0.15, -0.1) is 16.4 Å². The molecule has 3 heterocycles. The van der Waals surface area contributed by atoms with Crippen molar-refractivity contribution in [1.82, 2.24) is 29.8 Å². The van der Waals surface area contributed by atoms with Crippen LogP contribution in [0.2, 0.25) is 0 Å². The Bertz CT molecular complexity index is 1270. The van der Waals surface area contributed by atoms with Crippen LogP contribution in [0.5, 0.6) is 0 Å². The van der Waals surface area contributed by atoms with E-state index in [-0.39, 0.29) is 5.56 Å². The Kier molecular flexibility index (Phi) is 5.16. The number of hydrogen-bond acceptors (Lipinski definition) is 7. The van der Waals surface area contributed by atoms with E-state index in [1.54, 1.807) is 15.9 Å². The van der Waals surface area contributed by atoms with Gasteiger partial charge in [0, 0.05) is 11.4 Å². The van der Waals surface area contributed by atoms with Gasteiger partial charge in [-0.1, -0.05) is 36.4 Å². The Morgan fingerprint density at radius 1 is 1.20 bits per heavy atom. The quantitative estimate of drug-likeness (QED) is 0.335. The predicted molar refractivity (Wildman–Crippen MR) is 120 cm³/mol. The molecule has 0 fully saturated rings. The van der Waals surface area contributed by atoms with E-state index in [2.05, 4.69) is 22.4 Å². The van der Waals surface area contributed by atoms with E-state index in [0.717, 1.165) is 59.5 Å². The molecule has 1 aliphatic rings. The zero-order valence-corrected chi connectivity index (χ0v) is 18.6. The minimum absolute atomic E-state index is 0.0268. The van der Waals surface area contributed by atoms with Gasteiger partial charge in [0.1, 0.15) is 4.83 Å². The maximum Gasteiger partial charge on any atom is 0.267 e. The summed E-state index contributed by atoms with van der Waals surface area (Å²) in [6.45, 7) is 4.92. The molecule has 30 heavy (non-hydrogen) atoms. The third-order valence-electron chi connectivity index (χ3n) is 5.37. The second-order valence-corrected chi connectivity index (χ2v) is 9.54. The highest BCUT2D eigenvalue weighted by molar-refractivity contribution is 7.98. The lowest BCUT2D eigenvalue weighted by atomic mass is 10.2. The van der Waals surface area contributed by atoms with Crippen LogP contribution in [0, 0.1) is 6.92 Å². The van der Waals surface area contributed by atoms with Gasteiger partial charge in [-0.2, -0.15) is 0 Å². The molecule has 0 N–H and O–H groups in total. The number of rotatable bonds is 6. The maximum atomic E-state index is 13.7. The summed E-state index contributed by atoms with van der Waals surface area (Å²) in [5.74, 6) is 1.35. The van der Waals surface area contributed by atoms with E-state index in [0.29, 0.717) is 10.9 Å². The highest BCUT2D eigenvalue weighted by atomic mass is 32.2. The molecular formula is C21H22N6OS2. The van der Waals surface area contributed by atoms with Gasteiger partial charge in [-0.25, -0.2) is 9.67 Å². The summed E-state index contributed by atoms with van der Waals surface area (Å²) in [5.41, 5.74) is 3.23. The molecule has 7 nitrogen and oxygen atoms in total. The number of thioether (sulfide) groups is 1. The van der Waals surface area contributed by atoms with Gasteiger partial charge in [-0.05, 0) is 60.7 Å². The van der Waals surface area contributed by atoms with Crippen molar-refractivity contribution in [3.63, 3.8) is 0 Å².